The third kappa shape index (κ3) is 2.25. The molecule has 0 saturated carbocycles. The number of hydrogen-bond donors (Lipinski definition) is 0. The van der Waals surface area contributed by atoms with Crippen molar-refractivity contribution in [1.29, 1.82) is 0 Å². The molecular formula is C13H16N4O. The molecule has 0 unspecified atom stereocenters. The van der Waals surface area contributed by atoms with Gasteiger partial charge < -0.3 is 0 Å². The van der Waals surface area contributed by atoms with Gasteiger partial charge in [0, 0.05) is 31.5 Å². The Morgan fingerprint density at radius 3 is 2.56 bits per heavy atom. The van der Waals surface area contributed by atoms with Gasteiger partial charge in [0.1, 0.15) is 0 Å². The zero-order valence-electron chi connectivity index (χ0n) is 11.0. The van der Waals surface area contributed by atoms with Crippen LogP contribution in [0.5, 0.6) is 0 Å². The van der Waals surface area contributed by atoms with Crippen molar-refractivity contribution in [2.24, 2.45) is 14.1 Å². The van der Waals surface area contributed by atoms with Crippen molar-refractivity contribution in [2.45, 2.75) is 13.8 Å². The van der Waals surface area contributed by atoms with Gasteiger partial charge in [0.25, 0.3) is 0 Å². The minimum Gasteiger partial charge on any atom is -0.289 e. The Bertz CT molecular complexity index is 619. The lowest BCUT2D eigenvalue weighted by Gasteiger charge is -1.96. The molecule has 5 heteroatoms. The van der Waals surface area contributed by atoms with Gasteiger partial charge in [-0.3, -0.25) is 14.2 Å². The maximum Gasteiger partial charge on any atom is 0.189 e. The van der Waals surface area contributed by atoms with E-state index in [1.165, 1.54) is 0 Å². The summed E-state index contributed by atoms with van der Waals surface area (Å²) in [6.45, 7) is 3.74. The highest BCUT2D eigenvalue weighted by atomic mass is 16.1. The Labute approximate surface area is 106 Å². The molecule has 0 aliphatic heterocycles. The smallest absolute Gasteiger partial charge is 0.189 e. The first kappa shape index (κ1) is 12.3. The molecule has 2 aromatic rings. The summed E-state index contributed by atoms with van der Waals surface area (Å²) in [6.07, 6.45) is 6.90. The number of aryl methyl sites for hydroxylation is 3. The van der Waals surface area contributed by atoms with Gasteiger partial charge in [0.15, 0.2) is 5.78 Å². The topological polar surface area (TPSA) is 52.7 Å². The van der Waals surface area contributed by atoms with Crippen LogP contribution in [0.4, 0.5) is 0 Å². The number of ketones is 1. The van der Waals surface area contributed by atoms with Crippen molar-refractivity contribution in [1.82, 2.24) is 19.6 Å². The van der Waals surface area contributed by atoms with Crippen LogP contribution in [0.3, 0.4) is 0 Å². The lowest BCUT2D eigenvalue weighted by molar-refractivity contribution is 0.104. The first-order valence-corrected chi connectivity index (χ1v) is 5.70. The summed E-state index contributed by atoms with van der Waals surface area (Å²) in [5.41, 5.74) is 3.23. The van der Waals surface area contributed by atoms with Crippen molar-refractivity contribution < 1.29 is 4.79 Å². The average Bonchev–Trinajstić information content (AvgIpc) is 2.82. The standard InChI is InChI=1S/C13H16N4O/c1-9-13(10(2)17(4)15-9)12(18)6-5-11-7-14-16(3)8-11/h5-8H,1-4H3. The van der Waals surface area contributed by atoms with Crippen LogP contribution < -0.4 is 0 Å². The lowest BCUT2D eigenvalue weighted by atomic mass is 10.1. The highest BCUT2D eigenvalue weighted by Crippen LogP contribution is 2.13. The van der Waals surface area contributed by atoms with Crippen LogP contribution in [0.2, 0.25) is 0 Å². The first-order chi connectivity index (χ1) is 8.49. The monoisotopic (exact) mass is 244 g/mol. The maximum atomic E-state index is 12.1. The normalized spacial score (nSPS) is 11.3. The number of carbonyl (C=O) groups excluding carboxylic acids is 1. The van der Waals surface area contributed by atoms with E-state index in [1.807, 2.05) is 34.1 Å². The molecule has 2 heterocycles. The summed E-state index contributed by atoms with van der Waals surface area (Å²) in [5.74, 6) is -0.0260. The Morgan fingerprint density at radius 2 is 2.06 bits per heavy atom. The molecule has 0 saturated heterocycles. The van der Waals surface area contributed by atoms with E-state index in [1.54, 1.807) is 27.7 Å². The molecule has 2 rings (SSSR count). The molecule has 0 aromatic carbocycles. The molecule has 0 bridgehead atoms. The fourth-order valence-corrected chi connectivity index (χ4v) is 1.91. The summed E-state index contributed by atoms with van der Waals surface area (Å²) in [7, 11) is 3.68. The number of nitrogens with zero attached hydrogens (tertiary/aromatic N) is 4. The highest BCUT2D eigenvalue weighted by molar-refractivity contribution is 6.08. The predicted octanol–water partition coefficient (Wildman–Crippen LogP) is 1.67. The van der Waals surface area contributed by atoms with Gasteiger partial charge in [-0.1, -0.05) is 0 Å². The second kappa shape index (κ2) is 4.60. The zero-order valence-corrected chi connectivity index (χ0v) is 11.0. The van der Waals surface area contributed by atoms with E-state index in [4.69, 9.17) is 0 Å². The predicted molar refractivity (Wildman–Crippen MR) is 69.3 cm³/mol. The lowest BCUT2D eigenvalue weighted by Crippen LogP contribution is -1.99. The van der Waals surface area contributed by atoms with Crippen LogP contribution in [-0.2, 0) is 14.1 Å². The van der Waals surface area contributed by atoms with Crippen LogP contribution in [0.25, 0.3) is 6.08 Å². The fraction of sp³-hybridized carbons (Fsp3) is 0.308. The molecule has 0 aliphatic carbocycles. The van der Waals surface area contributed by atoms with E-state index in [9.17, 15) is 4.79 Å². The summed E-state index contributed by atoms with van der Waals surface area (Å²) in [4.78, 5) is 12.1. The van der Waals surface area contributed by atoms with Gasteiger partial charge in [-0.15, -0.1) is 0 Å². The Morgan fingerprint density at radius 1 is 1.33 bits per heavy atom. The maximum absolute atomic E-state index is 12.1. The Kier molecular flexibility index (Phi) is 3.14. The molecule has 0 radical (unpaired) electrons. The van der Waals surface area contributed by atoms with Gasteiger partial charge in [-0.25, -0.2) is 0 Å². The van der Waals surface area contributed by atoms with E-state index in [-0.39, 0.29) is 5.78 Å². The first-order valence-electron chi connectivity index (χ1n) is 5.70. The minimum absolute atomic E-state index is 0.0260. The Hall–Kier alpha value is -2.17. The van der Waals surface area contributed by atoms with Crippen molar-refractivity contribution >= 4 is 11.9 Å². The number of carbonyl (C=O) groups is 1. The van der Waals surface area contributed by atoms with Crippen molar-refractivity contribution in [3.05, 3.63) is 41.0 Å². The fourth-order valence-electron chi connectivity index (χ4n) is 1.91. The number of aromatic nitrogens is 4. The molecule has 0 aliphatic rings. The molecule has 0 fully saturated rings. The van der Waals surface area contributed by atoms with E-state index < -0.39 is 0 Å². The molecule has 0 spiro atoms. The van der Waals surface area contributed by atoms with Gasteiger partial charge in [-0.2, -0.15) is 10.2 Å². The van der Waals surface area contributed by atoms with Crippen LogP contribution in [0, 0.1) is 13.8 Å². The van der Waals surface area contributed by atoms with Crippen LogP contribution in [0.1, 0.15) is 27.3 Å². The molecule has 94 valence electrons. The zero-order chi connectivity index (χ0) is 13.3. The number of hydrogen-bond acceptors (Lipinski definition) is 3. The van der Waals surface area contributed by atoms with Crippen molar-refractivity contribution in [3.8, 4) is 0 Å². The molecule has 0 N–H and O–H groups in total. The third-order valence-electron chi connectivity index (χ3n) is 2.91. The SMILES string of the molecule is Cc1nn(C)c(C)c1C(=O)C=Cc1cnn(C)c1. The van der Waals surface area contributed by atoms with Gasteiger partial charge >= 0.3 is 0 Å². The van der Waals surface area contributed by atoms with E-state index in [0.29, 0.717) is 5.56 Å². The average molecular weight is 244 g/mol. The van der Waals surface area contributed by atoms with Crippen LogP contribution >= 0.6 is 0 Å². The molecule has 0 atom stereocenters. The quantitative estimate of drug-likeness (QED) is 0.609. The van der Waals surface area contributed by atoms with Crippen molar-refractivity contribution in [3.63, 3.8) is 0 Å². The second-order valence-corrected chi connectivity index (χ2v) is 4.31. The highest BCUT2D eigenvalue weighted by Gasteiger charge is 2.14. The van der Waals surface area contributed by atoms with Crippen LogP contribution in [-0.4, -0.2) is 25.3 Å². The minimum atomic E-state index is -0.0260. The molecule has 18 heavy (non-hydrogen) atoms. The number of allylic oxidation sites excluding steroid dienone is 1. The molecule has 2 aromatic heterocycles. The summed E-state index contributed by atoms with van der Waals surface area (Å²) in [6, 6.07) is 0. The van der Waals surface area contributed by atoms with E-state index in [2.05, 4.69) is 10.2 Å². The van der Waals surface area contributed by atoms with Crippen LogP contribution in [0.15, 0.2) is 18.5 Å². The van der Waals surface area contributed by atoms with Gasteiger partial charge in [0.2, 0.25) is 0 Å². The van der Waals surface area contributed by atoms with E-state index >= 15 is 0 Å². The van der Waals surface area contributed by atoms with Gasteiger partial charge in [0.05, 0.1) is 17.5 Å². The third-order valence-corrected chi connectivity index (χ3v) is 2.91. The number of rotatable bonds is 3. The second-order valence-electron chi connectivity index (χ2n) is 4.31. The Balaban J connectivity index is 2.25. The molecule has 0 amide bonds. The summed E-state index contributed by atoms with van der Waals surface area (Å²) < 4.78 is 3.42. The largest absolute Gasteiger partial charge is 0.289 e. The van der Waals surface area contributed by atoms with Crippen molar-refractivity contribution in [2.75, 3.05) is 0 Å². The van der Waals surface area contributed by atoms with E-state index in [0.717, 1.165) is 17.0 Å². The summed E-state index contributed by atoms with van der Waals surface area (Å²) >= 11 is 0. The van der Waals surface area contributed by atoms with Gasteiger partial charge in [-0.05, 0) is 26.0 Å². The molecular weight excluding hydrogens is 228 g/mol. The summed E-state index contributed by atoms with van der Waals surface area (Å²) in [5, 5.41) is 8.28. The molecule has 5 nitrogen and oxygen atoms in total.